The van der Waals surface area contributed by atoms with Gasteiger partial charge in [0.05, 0.1) is 4.47 Å². The van der Waals surface area contributed by atoms with Crippen LogP contribution in [0.1, 0.15) is 5.56 Å². The molecule has 0 aromatic heterocycles. The zero-order chi connectivity index (χ0) is 18.5. The van der Waals surface area contributed by atoms with Gasteiger partial charge in [0.1, 0.15) is 5.75 Å². The number of hydrogen-bond donors (Lipinski definition) is 1. The highest BCUT2D eigenvalue weighted by Crippen LogP contribution is 2.30. The van der Waals surface area contributed by atoms with E-state index in [2.05, 4.69) is 49.3 Å². The van der Waals surface area contributed by atoms with Gasteiger partial charge in [0, 0.05) is 10.2 Å². The Morgan fingerprint density at radius 3 is 2.42 bits per heavy atom. The minimum atomic E-state index is -0.200. The van der Waals surface area contributed by atoms with Crippen molar-refractivity contribution in [1.29, 1.82) is 0 Å². The molecule has 1 N–H and O–H groups in total. The molecule has 0 heterocycles. The number of hydrogen-bond acceptors (Lipinski definition) is 2. The minimum absolute atomic E-state index is 0.0568. The van der Waals surface area contributed by atoms with E-state index in [1.165, 1.54) is 0 Å². The van der Waals surface area contributed by atoms with E-state index in [0.29, 0.717) is 5.75 Å². The third-order valence-corrected chi connectivity index (χ3v) is 4.97. The SMILES string of the molecule is Cc1cc(Br)ccc1NC(=O)COc1ccc(-c2ccccc2)cc1Br. The average Bonchev–Trinajstić information content (AvgIpc) is 2.64. The van der Waals surface area contributed by atoms with Crippen molar-refractivity contribution >= 4 is 43.5 Å². The zero-order valence-corrected chi connectivity index (χ0v) is 17.3. The van der Waals surface area contributed by atoms with Gasteiger partial charge in [-0.3, -0.25) is 4.79 Å². The first-order valence-electron chi connectivity index (χ1n) is 8.07. The molecule has 0 aliphatic rings. The molecular weight excluding hydrogens is 458 g/mol. The van der Waals surface area contributed by atoms with Gasteiger partial charge in [0.15, 0.2) is 6.61 Å². The molecule has 0 spiro atoms. The Morgan fingerprint density at radius 1 is 0.962 bits per heavy atom. The number of halogens is 2. The van der Waals surface area contributed by atoms with E-state index >= 15 is 0 Å². The maximum absolute atomic E-state index is 12.2. The first-order valence-corrected chi connectivity index (χ1v) is 9.65. The second-order valence-electron chi connectivity index (χ2n) is 5.81. The van der Waals surface area contributed by atoms with Crippen molar-refractivity contribution in [1.82, 2.24) is 0 Å². The largest absolute Gasteiger partial charge is 0.483 e. The lowest BCUT2D eigenvalue weighted by Gasteiger charge is -2.12. The fraction of sp³-hybridized carbons (Fsp3) is 0.0952. The van der Waals surface area contributed by atoms with Crippen LogP contribution in [-0.2, 0) is 4.79 Å². The van der Waals surface area contributed by atoms with Crippen LogP contribution >= 0.6 is 31.9 Å². The minimum Gasteiger partial charge on any atom is -0.483 e. The molecule has 3 nitrogen and oxygen atoms in total. The van der Waals surface area contributed by atoms with E-state index in [0.717, 1.165) is 31.3 Å². The number of anilines is 1. The first kappa shape index (κ1) is 18.7. The van der Waals surface area contributed by atoms with Crippen LogP contribution in [0.25, 0.3) is 11.1 Å². The molecule has 0 aliphatic carbocycles. The lowest BCUT2D eigenvalue weighted by Crippen LogP contribution is -2.20. The number of benzene rings is 3. The van der Waals surface area contributed by atoms with Crippen molar-refractivity contribution in [3.05, 3.63) is 81.2 Å². The number of amides is 1. The summed E-state index contributed by atoms with van der Waals surface area (Å²) in [5.41, 5.74) is 3.98. The van der Waals surface area contributed by atoms with Crippen LogP contribution in [0.5, 0.6) is 5.75 Å². The normalized spacial score (nSPS) is 10.4. The molecule has 26 heavy (non-hydrogen) atoms. The maximum Gasteiger partial charge on any atom is 0.262 e. The second-order valence-corrected chi connectivity index (χ2v) is 7.58. The summed E-state index contributed by atoms with van der Waals surface area (Å²) in [4.78, 5) is 12.2. The van der Waals surface area contributed by atoms with E-state index in [1.54, 1.807) is 0 Å². The van der Waals surface area contributed by atoms with Gasteiger partial charge in [-0.15, -0.1) is 0 Å². The number of ether oxygens (including phenoxy) is 1. The summed E-state index contributed by atoms with van der Waals surface area (Å²) in [6, 6.07) is 21.6. The standard InChI is InChI=1S/C21H17Br2NO2/c1-14-11-17(22)8-9-19(14)24-21(25)13-26-20-10-7-16(12-18(20)23)15-5-3-2-4-6-15/h2-12H,13H2,1H3,(H,24,25). The van der Waals surface area contributed by atoms with E-state index in [4.69, 9.17) is 4.74 Å². The Morgan fingerprint density at radius 2 is 1.73 bits per heavy atom. The average molecular weight is 475 g/mol. The molecule has 132 valence electrons. The summed E-state index contributed by atoms with van der Waals surface area (Å²) >= 11 is 6.93. The van der Waals surface area contributed by atoms with Crippen molar-refractivity contribution < 1.29 is 9.53 Å². The van der Waals surface area contributed by atoms with E-state index in [1.807, 2.05) is 61.5 Å². The Bertz CT molecular complexity index is 927. The lowest BCUT2D eigenvalue weighted by molar-refractivity contribution is -0.118. The first-order chi connectivity index (χ1) is 12.5. The summed E-state index contributed by atoms with van der Waals surface area (Å²) in [6.07, 6.45) is 0. The fourth-order valence-electron chi connectivity index (χ4n) is 2.52. The van der Waals surface area contributed by atoms with Crippen molar-refractivity contribution in [2.75, 3.05) is 11.9 Å². The monoisotopic (exact) mass is 473 g/mol. The van der Waals surface area contributed by atoms with Gasteiger partial charge in [0.25, 0.3) is 5.91 Å². The third-order valence-electron chi connectivity index (χ3n) is 3.86. The molecule has 0 bridgehead atoms. The van der Waals surface area contributed by atoms with Gasteiger partial charge in [-0.25, -0.2) is 0 Å². The molecule has 0 fully saturated rings. The second kappa shape index (κ2) is 8.52. The fourth-order valence-corrected chi connectivity index (χ4v) is 3.49. The highest BCUT2D eigenvalue weighted by molar-refractivity contribution is 9.10. The molecule has 0 unspecified atom stereocenters. The molecule has 5 heteroatoms. The topological polar surface area (TPSA) is 38.3 Å². The maximum atomic E-state index is 12.2. The summed E-state index contributed by atoms with van der Waals surface area (Å²) < 4.78 is 7.45. The number of rotatable bonds is 5. The molecule has 0 radical (unpaired) electrons. The Labute approximate surface area is 169 Å². The van der Waals surface area contributed by atoms with Gasteiger partial charge >= 0.3 is 0 Å². The van der Waals surface area contributed by atoms with Crippen LogP contribution < -0.4 is 10.1 Å². The Hall–Kier alpha value is -2.11. The van der Waals surface area contributed by atoms with E-state index < -0.39 is 0 Å². The Balaban J connectivity index is 1.63. The predicted molar refractivity (Wildman–Crippen MR) is 113 cm³/mol. The summed E-state index contributed by atoms with van der Waals surface area (Å²) in [7, 11) is 0. The molecule has 0 aliphatic heterocycles. The van der Waals surface area contributed by atoms with Crippen LogP contribution in [0.15, 0.2) is 75.7 Å². The predicted octanol–water partition coefficient (Wildman–Crippen LogP) is 6.20. The molecule has 0 saturated carbocycles. The highest BCUT2D eigenvalue weighted by atomic mass is 79.9. The molecular formula is C21H17Br2NO2. The Kier molecular flexibility index (Phi) is 6.12. The lowest BCUT2D eigenvalue weighted by atomic mass is 10.1. The summed E-state index contributed by atoms with van der Waals surface area (Å²) in [6.45, 7) is 1.89. The van der Waals surface area contributed by atoms with Gasteiger partial charge in [-0.05, 0) is 69.9 Å². The van der Waals surface area contributed by atoms with Gasteiger partial charge in [-0.2, -0.15) is 0 Å². The summed E-state index contributed by atoms with van der Waals surface area (Å²) in [5.74, 6) is 0.432. The molecule has 3 aromatic carbocycles. The third kappa shape index (κ3) is 4.74. The van der Waals surface area contributed by atoms with Crippen LogP contribution in [-0.4, -0.2) is 12.5 Å². The van der Waals surface area contributed by atoms with Crippen molar-refractivity contribution in [3.63, 3.8) is 0 Å². The molecule has 0 saturated heterocycles. The number of carbonyl (C=O) groups excluding carboxylic acids is 1. The molecule has 3 aromatic rings. The van der Waals surface area contributed by atoms with E-state index in [9.17, 15) is 4.79 Å². The summed E-state index contributed by atoms with van der Waals surface area (Å²) in [5, 5.41) is 2.86. The van der Waals surface area contributed by atoms with Crippen LogP contribution in [0, 0.1) is 6.92 Å². The van der Waals surface area contributed by atoms with Crippen molar-refractivity contribution in [3.8, 4) is 16.9 Å². The number of aryl methyl sites for hydroxylation is 1. The highest BCUT2D eigenvalue weighted by Gasteiger charge is 2.09. The zero-order valence-electron chi connectivity index (χ0n) is 14.1. The molecule has 3 rings (SSSR count). The van der Waals surface area contributed by atoms with Crippen LogP contribution in [0.4, 0.5) is 5.69 Å². The van der Waals surface area contributed by atoms with Crippen molar-refractivity contribution in [2.24, 2.45) is 0 Å². The van der Waals surface area contributed by atoms with Crippen LogP contribution in [0.2, 0.25) is 0 Å². The van der Waals surface area contributed by atoms with Crippen LogP contribution in [0.3, 0.4) is 0 Å². The number of nitrogens with one attached hydrogen (secondary N) is 1. The van der Waals surface area contributed by atoms with Crippen molar-refractivity contribution in [2.45, 2.75) is 6.92 Å². The smallest absolute Gasteiger partial charge is 0.262 e. The van der Waals surface area contributed by atoms with Gasteiger partial charge in [-0.1, -0.05) is 52.3 Å². The number of carbonyl (C=O) groups is 1. The molecule has 1 amide bonds. The van der Waals surface area contributed by atoms with E-state index in [-0.39, 0.29) is 12.5 Å². The van der Waals surface area contributed by atoms with Gasteiger partial charge < -0.3 is 10.1 Å². The van der Waals surface area contributed by atoms with Gasteiger partial charge in [0.2, 0.25) is 0 Å². The molecule has 0 atom stereocenters. The quantitative estimate of drug-likeness (QED) is 0.477.